The number of nitrogens with zero attached hydrogens (tertiary/aromatic N) is 2. The zero-order valence-electron chi connectivity index (χ0n) is 10.6. The summed E-state index contributed by atoms with van der Waals surface area (Å²) in [6.45, 7) is 6.74. The van der Waals surface area contributed by atoms with Gasteiger partial charge in [0.1, 0.15) is 0 Å². The van der Waals surface area contributed by atoms with Gasteiger partial charge in [-0.15, -0.1) is 0 Å². The highest BCUT2D eigenvalue weighted by Gasteiger charge is 2.26. The van der Waals surface area contributed by atoms with Crippen molar-refractivity contribution in [2.75, 3.05) is 0 Å². The lowest BCUT2D eigenvalue weighted by Crippen LogP contribution is -2.24. The van der Waals surface area contributed by atoms with E-state index in [4.69, 9.17) is 5.73 Å². The molecule has 0 radical (unpaired) electrons. The van der Waals surface area contributed by atoms with Gasteiger partial charge in [-0.05, 0) is 38.0 Å². The van der Waals surface area contributed by atoms with Gasteiger partial charge in [0, 0.05) is 18.3 Å². The van der Waals surface area contributed by atoms with Gasteiger partial charge in [0.05, 0.1) is 12.0 Å². The Bertz CT molecular complexity index is 333. The summed E-state index contributed by atoms with van der Waals surface area (Å²) in [7, 11) is 0. The van der Waals surface area contributed by atoms with Crippen molar-refractivity contribution in [2.24, 2.45) is 17.6 Å². The fourth-order valence-corrected chi connectivity index (χ4v) is 3.10. The fourth-order valence-electron chi connectivity index (χ4n) is 3.10. The zero-order valence-corrected chi connectivity index (χ0v) is 10.6. The van der Waals surface area contributed by atoms with E-state index in [0.29, 0.717) is 6.04 Å². The van der Waals surface area contributed by atoms with E-state index in [1.54, 1.807) is 0 Å². The summed E-state index contributed by atoms with van der Waals surface area (Å²) in [5.41, 5.74) is 7.15. The Labute approximate surface area is 98.1 Å². The van der Waals surface area contributed by atoms with E-state index in [1.807, 2.05) is 19.4 Å². The molecule has 0 aliphatic heterocycles. The Hall–Kier alpha value is -0.830. The minimum Gasteiger partial charge on any atom is -0.330 e. The molecule has 16 heavy (non-hydrogen) atoms. The molecule has 90 valence electrons. The number of nitrogens with two attached hydrogens (primary N) is 1. The molecule has 3 nitrogen and oxygen atoms in total. The smallest absolute Gasteiger partial charge is 0.0951 e. The molecule has 0 aromatic carbocycles. The van der Waals surface area contributed by atoms with Crippen LogP contribution in [0.3, 0.4) is 0 Å². The van der Waals surface area contributed by atoms with Gasteiger partial charge in [0.15, 0.2) is 0 Å². The normalized spacial score (nSPS) is 32.6. The molecule has 1 heterocycles. The van der Waals surface area contributed by atoms with Gasteiger partial charge in [-0.1, -0.05) is 13.8 Å². The van der Waals surface area contributed by atoms with Gasteiger partial charge < -0.3 is 10.3 Å². The third kappa shape index (κ3) is 2.29. The first-order valence-corrected chi connectivity index (χ1v) is 6.35. The largest absolute Gasteiger partial charge is 0.330 e. The van der Waals surface area contributed by atoms with Crippen molar-refractivity contribution in [3.63, 3.8) is 0 Å². The van der Waals surface area contributed by atoms with Crippen molar-refractivity contribution in [1.29, 1.82) is 0 Å². The van der Waals surface area contributed by atoms with E-state index in [0.717, 1.165) is 11.8 Å². The highest BCUT2D eigenvalue weighted by atomic mass is 15.1. The van der Waals surface area contributed by atoms with Crippen LogP contribution in [-0.2, 0) is 0 Å². The molecular weight excluding hydrogens is 198 g/mol. The van der Waals surface area contributed by atoms with Gasteiger partial charge >= 0.3 is 0 Å². The molecule has 1 aliphatic carbocycles. The summed E-state index contributed by atoms with van der Waals surface area (Å²) in [6.07, 6.45) is 7.75. The van der Waals surface area contributed by atoms with Crippen LogP contribution in [0.4, 0.5) is 0 Å². The minimum atomic E-state index is 0.0787. The molecule has 1 aromatic heterocycles. The van der Waals surface area contributed by atoms with Crippen LogP contribution < -0.4 is 5.73 Å². The van der Waals surface area contributed by atoms with Crippen molar-refractivity contribution >= 4 is 0 Å². The summed E-state index contributed by atoms with van der Waals surface area (Å²) in [6, 6.07) is 0.678. The number of hydrogen-bond acceptors (Lipinski definition) is 2. The van der Waals surface area contributed by atoms with Crippen LogP contribution in [0.15, 0.2) is 12.5 Å². The Morgan fingerprint density at radius 3 is 2.50 bits per heavy atom. The molecule has 0 bridgehead atoms. The minimum absolute atomic E-state index is 0.0787. The van der Waals surface area contributed by atoms with Crippen LogP contribution in [-0.4, -0.2) is 9.55 Å². The summed E-state index contributed by atoms with van der Waals surface area (Å²) >= 11 is 0. The predicted octanol–water partition coefficient (Wildman–Crippen LogP) is 2.90. The van der Waals surface area contributed by atoms with Crippen molar-refractivity contribution in [3.05, 3.63) is 18.2 Å². The van der Waals surface area contributed by atoms with Gasteiger partial charge in [0.25, 0.3) is 0 Å². The quantitative estimate of drug-likeness (QED) is 0.834. The first-order chi connectivity index (χ1) is 7.58. The summed E-state index contributed by atoms with van der Waals surface area (Å²) < 4.78 is 2.30. The Kier molecular flexibility index (Phi) is 3.33. The number of aromatic nitrogens is 2. The molecule has 0 amide bonds. The van der Waals surface area contributed by atoms with Crippen LogP contribution in [0.2, 0.25) is 0 Å². The van der Waals surface area contributed by atoms with Gasteiger partial charge in [-0.25, -0.2) is 4.98 Å². The molecule has 0 spiro atoms. The molecule has 2 unspecified atom stereocenters. The summed E-state index contributed by atoms with van der Waals surface area (Å²) in [5, 5.41) is 0. The lowest BCUT2D eigenvalue weighted by atomic mass is 9.80. The second kappa shape index (κ2) is 4.58. The maximum atomic E-state index is 5.97. The Morgan fingerprint density at radius 1 is 1.31 bits per heavy atom. The molecule has 0 saturated heterocycles. The van der Waals surface area contributed by atoms with E-state index in [1.165, 1.54) is 25.0 Å². The van der Waals surface area contributed by atoms with E-state index < -0.39 is 0 Å². The lowest BCUT2D eigenvalue weighted by molar-refractivity contribution is 0.217. The molecule has 1 aromatic rings. The maximum Gasteiger partial charge on any atom is 0.0951 e. The van der Waals surface area contributed by atoms with Crippen molar-refractivity contribution in [1.82, 2.24) is 9.55 Å². The van der Waals surface area contributed by atoms with Crippen LogP contribution in [0.25, 0.3) is 0 Å². The molecule has 2 rings (SSSR count). The van der Waals surface area contributed by atoms with Crippen LogP contribution in [0.5, 0.6) is 0 Å². The molecule has 1 saturated carbocycles. The van der Waals surface area contributed by atoms with E-state index in [9.17, 15) is 0 Å². The predicted molar refractivity (Wildman–Crippen MR) is 66.0 cm³/mol. The molecule has 1 fully saturated rings. The maximum absolute atomic E-state index is 5.97. The molecule has 1 aliphatic rings. The van der Waals surface area contributed by atoms with Crippen molar-refractivity contribution in [2.45, 2.75) is 52.1 Å². The van der Waals surface area contributed by atoms with E-state index in [-0.39, 0.29) is 6.04 Å². The lowest BCUT2D eigenvalue weighted by Gasteiger charge is -2.33. The van der Waals surface area contributed by atoms with Crippen LogP contribution in [0.1, 0.15) is 57.8 Å². The Balaban J connectivity index is 2.19. The van der Waals surface area contributed by atoms with E-state index in [2.05, 4.69) is 23.4 Å². The summed E-state index contributed by atoms with van der Waals surface area (Å²) in [5.74, 6) is 1.63. The third-order valence-corrected chi connectivity index (χ3v) is 3.71. The van der Waals surface area contributed by atoms with Gasteiger partial charge in [0.2, 0.25) is 0 Å². The molecular formula is C13H23N3. The number of hydrogen-bond donors (Lipinski definition) is 1. The number of rotatable bonds is 2. The zero-order chi connectivity index (χ0) is 11.7. The second-order valence-electron chi connectivity index (χ2n) is 5.59. The SMILES string of the molecule is CC1CC(C)CC(n2cncc2[C@@H](C)N)C1. The van der Waals surface area contributed by atoms with E-state index >= 15 is 0 Å². The standard InChI is InChI=1S/C13H23N3/c1-9-4-10(2)6-12(5-9)16-8-15-7-13(16)11(3)14/h7-12H,4-6,14H2,1-3H3/t9?,10?,11-,12?/m1/s1. The molecule has 2 N–H and O–H groups in total. The van der Waals surface area contributed by atoms with Gasteiger partial charge in [-0.2, -0.15) is 0 Å². The summed E-state index contributed by atoms with van der Waals surface area (Å²) in [4.78, 5) is 4.25. The fraction of sp³-hybridized carbons (Fsp3) is 0.769. The van der Waals surface area contributed by atoms with Crippen LogP contribution in [0, 0.1) is 11.8 Å². The molecule has 3 atom stereocenters. The second-order valence-corrected chi connectivity index (χ2v) is 5.59. The highest BCUT2D eigenvalue weighted by molar-refractivity contribution is 5.05. The monoisotopic (exact) mass is 221 g/mol. The number of imidazole rings is 1. The van der Waals surface area contributed by atoms with Crippen molar-refractivity contribution < 1.29 is 0 Å². The average molecular weight is 221 g/mol. The third-order valence-electron chi connectivity index (χ3n) is 3.71. The van der Waals surface area contributed by atoms with Gasteiger partial charge in [-0.3, -0.25) is 0 Å². The average Bonchev–Trinajstić information content (AvgIpc) is 2.63. The van der Waals surface area contributed by atoms with Crippen LogP contribution >= 0.6 is 0 Å². The topological polar surface area (TPSA) is 43.8 Å². The molecule has 3 heteroatoms. The highest BCUT2D eigenvalue weighted by Crippen LogP contribution is 2.36. The first-order valence-electron chi connectivity index (χ1n) is 6.35. The van der Waals surface area contributed by atoms with Crippen molar-refractivity contribution in [3.8, 4) is 0 Å². The Morgan fingerprint density at radius 2 is 1.94 bits per heavy atom. The first kappa shape index (κ1) is 11.6.